The number of aryl methyl sites for hydroxylation is 1. The molecule has 138 valence electrons. The van der Waals surface area contributed by atoms with E-state index in [0.717, 1.165) is 17.7 Å². The molecule has 1 unspecified atom stereocenters. The van der Waals surface area contributed by atoms with Crippen LogP contribution < -0.4 is 4.31 Å². The van der Waals surface area contributed by atoms with Crippen LogP contribution in [0.4, 0.5) is 14.5 Å². The van der Waals surface area contributed by atoms with Crippen molar-refractivity contribution in [2.24, 2.45) is 0 Å². The topological polar surface area (TPSA) is 57.6 Å². The van der Waals surface area contributed by atoms with Crippen molar-refractivity contribution in [2.75, 3.05) is 10.8 Å². The van der Waals surface area contributed by atoms with E-state index in [4.69, 9.17) is 11.6 Å². The van der Waals surface area contributed by atoms with Gasteiger partial charge in [-0.3, -0.25) is 4.31 Å². The minimum Gasteiger partial charge on any atom is -0.388 e. The highest BCUT2D eigenvalue weighted by Gasteiger charge is 2.53. The quantitative estimate of drug-likeness (QED) is 0.790. The lowest BCUT2D eigenvalue weighted by molar-refractivity contribution is -0.139. The standard InChI is InChI=1S/C17H17BClF2NO3S/c1-11-2-5-13(6-3-11)26(24,25)22-9-8-16(20,21)17(18,23)14-10-12(19)4-7-15(14)22/h2-7,10,23H,8-9,18H2,1H3. The molecule has 0 aromatic heterocycles. The summed E-state index contributed by atoms with van der Waals surface area (Å²) >= 11 is 5.92. The molecule has 0 bridgehead atoms. The molecule has 1 atom stereocenters. The van der Waals surface area contributed by atoms with Gasteiger partial charge in [-0.1, -0.05) is 29.3 Å². The molecule has 1 aliphatic rings. The Kier molecular flexibility index (Phi) is 4.57. The first-order chi connectivity index (χ1) is 12.0. The van der Waals surface area contributed by atoms with E-state index in [9.17, 15) is 22.3 Å². The van der Waals surface area contributed by atoms with Crippen molar-refractivity contribution in [1.29, 1.82) is 0 Å². The highest BCUT2D eigenvalue weighted by molar-refractivity contribution is 7.92. The Bertz CT molecular complexity index is 949. The van der Waals surface area contributed by atoms with Crippen LogP contribution in [-0.4, -0.2) is 33.8 Å². The maximum absolute atomic E-state index is 14.6. The summed E-state index contributed by atoms with van der Waals surface area (Å²) in [7, 11) is -3.11. The summed E-state index contributed by atoms with van der Waals surface area (Å²) in [5, 5.41) is 10.7. The summed E-state index contributed by atoms with van der Waals surface area (Å²) < 4.78 is 56.2. The zero-order chi connectivity index (χ0) is 19.3. The van der Waals surface area contributed by atoms with Crippen LogP contribution in [-0.2, 0) is 15.5 Å². The number of rotatable bonds is 2. The lowest BCUT2D eigenvalue weighted by Crippen LogP contribution is -2.45. The lowest BCUT2D eigenvalue weighted by atomic mass is 9.70. The van der Waals surface area contributed by atoms with E-state index in [2.05, 4.69) is 0 Å². The van der Waals surface area contributed by atoms with Crippen LogP contribution in [0.5, 0.6) is 0 Å². The fourth-order valence-electron chi connectivity index (χ4n) is 3.01. The van der Waals surface area contributed by atoms with Gasteiger partial charge in [-0.25, -0.2) is 17.2 Å². The third-order valence-electron chi connectivity index (χ3n) is 4.70. The minimum absolute atomic E-state index is 0.00264. The van der Waals surface area contributed by atoms with Gasteiger partial charge in [0.2, 0.25) is 0 Å². The van der Waals surface area contributed by atoms with Crippen molar-refractivity contribution in [1.82, 2.24) is 0 Å². The predicted molar refractivity (Wildman–Crippen MR) is 99.2 cm³/mol. The molecule has 3 rings (SSSR count). The summed E-state index contributed by atoms with van der Waals surface area (Å²) in [4.78, 5) is -0.00569. The van der Waals surface area contributed by atoms with Crippen LogP contribution in [0, 0.1) is 6.92 Å². The van der Waals surface area contributed by atoms with Gasteiger partial charge in [-0.2, -0.15) is 0 Å². The van der Waals surface area contributed by atoms with Crippen LogP contribution in [0.3, 0.4) is 0 Å². The highest BCUT2D eigenvalue weighted by Crippen LogP contribution is 2.46. The van der Waals surface area contributed by atoms with Gasteiger partial charge in [-0.05, 0) is 37.3 Å². The minimum atomic E-state index is -4.08. The SMILES string of the molecule is BC1(O)c2cc(Cl)ccc2N(S(=O)(=O)c2ccc(C)cc2)CCC1(F)F. The Balaban J connectivity index is 2.22. The Morgan fingerprint density at radius 1 is 1.19 bits per heavy atom. The maximum Gasteiger partial charge on any atom is 0.274 e. The van der Waals surface area contributed by atoms with Crippen LogP contribution in [0.1, 0.15) is 17.5 Å². The molecule has 2 aromatic rings. The molecule has 1 N–H and O–H groups in total. The average Bonchev–Trinajstić information content (AvgIpc) is 2.62. The van der Waals surface area contributed by atoms with Gasteiger partial charge in [0, 0.05) is 23.6 Å². The van der Waals surface area contributed by atoms with Crippen molar-refractivity contribution in [3.8, 4) is 0 Å². The number of alkyl halides is 2. The molecular formula is C17H17BClF2NO3S. The molecule has 0 spiro atoms. The van der Waals surface area contributed by atoms with Gasteiger partial charge in [0.1, 0.15) is 5.50 Å². The van der Waals surface area contributed by atoms with Crippen LogP contribution >= 0.6 is 11.6 Å². The van der Waals surface area contributed by atoms with Crippen molar-refractivity contribution in [3.63, 3.8) is 0 Å². The summed E-state index contributed by atoms with van der Waals surface area (Å²) in [6.45, 7) is 1.35. The zero-order valence-electron chi connectivity index (χ0n) is 14.2. The van der Waals surface area contributed by atoms with E-state index < -0.39 is 34.4 Å². The first-order valence-corrected chi connectivity index (χ1v) is 9.78. The number of aliphatic hydroxyl groups is 1. The lowest BCUT2D eigenvalue weighted by Gasteiger charge is -2.32. The fourth-order valence-corrected chi connectivity index (χ4v) is 4.66. The maximum atomic E-state index is 14.6. The van der Waals surface area contributed by atoms with Crippen LogP contribution in [0.25, 0.3) is 0 Å². The largest absolute Gasteiger partial charge is 0.388 e. The van der Waals surface area contributed by atoms with Gasteiger partial charge in [0.15, 0.2) is 7.85 Å². The monoisotopic (exact) mass is 399 g/mol. The number of hydrogen-bond donors (Lipinski definition) is 1. The molecule has 9 heteroatoms. The van der Waals surface area contributed by atoms with Crippen molar-refractivity contribution < 1.29 is 22.3 Å². The summed E-state index contributed by atoms with van der Waals surface area (Å²) in [5.74, 6) is -3.52. The number of anilines is 1. The van der Waals surface area contributed by atoms with Gasteiger partial charge >= 0.3 is 0 Å². The molecule has 1 aliphatic heterocycles. The third kappa shape index (κ3) is 3.00. The van der Waals surface area contributed by atoms with Crippen molar-refractivity contribution >= 4 is 35.2 Å². The van der Waals surface area contributed by atoms with Crippen LogP contribution in [0.15, 0.2) is 47.4 Å². The Morgan fingerprint density at radius 2 is 1.81 bits per heavy atom. The first kappa shape index (κ1) is 19.1. The highest BCUT2D eigenvalue weighted by atomic mass is 35.5. The van der Waals surface area contributed by atoms with E-state index in [1.165, 1.54) is 30.3 Å². The Morgan fingerprint density at radius 3 is 2.42 bits per heavy atom. The van der Waals surface area contributed by atoms with E-state index in [0.29, 0.717) is 0 Å². The number of halogens is 3. The molecule has 2 aromatic carbocycles. The fraction of sp³-hybridized carbons (Fsp3) is 0.294. The molecule has 0 amide bonds. The molecule has 4 nitrogen and oxygen atoms in total. The Labute approximate surface area is 156 Å². The molecule has 0 radical (unpaired) electrons. The van der Waals surface area contributed by atoms with E-state index >= 15 is 0 Å². The number of fused-ring (bicyclic) bond motifs is 1. The number of benzene rings is 2. The zero-order valence-corrected chi connectivity index (χ0v) is 15.8. The molecule has 0 fully saturated rings. The van der Waals surface area contributed by atoms with Crippen LogP contribution in [0.2, 0.25) is 5.02 Å². The Hall–Kier alpha value is -1.64. The first-order valence-electron chi connectivity index (χ1n) is 7.96. The molecule has 0 saturated carbocycles. The third-order valence-corrected chi connectivity index (χ3v) is 6.76. The van der Waals surface area contributed by atoms with E-state index in [1.54, 1.807) is 12.1 Å². The van der Waals surface area contributed by atoms with Gasteiger partial charge in [0.05, 0.1) is 10.6 Å². The van der Waals surface area contributed by atoms with Crippen molar-refractivity contribution in [3.05, 3.63) is 58.6 Å². The molecule has 0 aliphatic carbocycles. The summed E-state index contributed by atoms with van der Waals surface area (Å²) in [5.41, 5.74) is -1.90. The second-order valence-corrected chi connectivity index (χ2v) is 8.88. The normalized spacial score (nSPS) is 22.6. The summed E-state index contributed by atoms with van der Waals surface area (Å²) in [6, 6.07) is 10.1. The van der Waals surface area contributed by atoms with E-state index in [1.807, 2.05) is 6.92 Å². The molecule has 1 heterocycles. The molecule has 26 heavy (non-hydrogen) atoms. The van der Waals surface area contributed by atoms with Gasteiger partial charge in [0.25, 0.3) is 15.9 Å². The smallest absolute Gasteiger partial charge is 0.274 e. The van der Waals surface area contributed by atoms with E-state index in [-0.39, 0.29) is 21.2 Å². The predicted octanol–water partition coefficient (Wildman–Crippen LogP) is 2.66. The molecular weight excluding hydrogens is 383 g/mol. The molecule has 0 saturated heterocycles. The van der Waals surface area contributed by atoms with Crippen molar-refractivity contribution in [2.45, 2.75) is 29.7 Å². The average molecular weight is 400 g/mol. The van der Waals surface area contributed by atoms with Gasteiger partial charge in [-0.15, -0.1) is 0 Å². The number of nitrogens with zero attached hydrogens (tertiary/aromatic N) is 1. The number of hydrogen-bond acceptors (Lipinski definition) is 3. The summed E-state index contributed by atoms with van der Waals surface area (Å²) in [6.07, 6.45) is -0.822. The second-order valence-electron chi connectivity index (χ2n) is 6.58. The van der Waals surface area contributed by atoms with Gasteiger partial charge < -0.3 is 5.11 Å². The number of sulfonamides is 1. The second kappa shape index (κ2) is 6.21.